The molecule has 17 heavy (non-hydrogen) atoms. The Hall–Kier alpha value is -0.0800. The van der Waals surface area contributed by atoms with Gasteiger partial charge < -0.3 is 10.1 Å². The highest BCUT2D eigenvalue weighted by molar-refractivity contribution is 4.69. The average molecular weight is 241 g/mol. The van der Waals surface area contributed by atoms with Crippen LogP contribution in [-0.4, -0.2) is 25.8 Å². The number of hydrogen-bond acceptors (Lipinski definition) is 2. The predicted molar refractivity (Wildman–Crippen MR) is 74.3 cm³/mol. The minimum atomic E-state index is 0.441. The highest BCUT2D eigenvalue weighted by atomic mass is 16.5. The molecule has 1 aliphatic rings. The first-order valence-electron chi connectivity index (χ1n) is 7.50. The van der Waals surface area contributed by atoms with E-state index in [0.717, 1.165) is 31.5 Å². The fourth-order valence-corrected chi connectivity index (χ4v) is 2.21. The summed E-state index contributed by atoms with van der Waals surface area (Å²) in [6.07, 6.45) is 8.48. The molecule has 0 aromatic rings. The van der Waals surface area contributed by atoms with Gasteiger partial charge in [0.25, 0.3) is 0 Å². The van der Waals surface area contributed by atoms with Gasteiger partial charge in [0.05, 0.1) is 6.10 Å². The summed E-state index contributed by atoms with van der Waals surface area (Å²) in [5.74, 6) is 1.74. The van der Waals surface area contributed by atoms with Crippen LogP contribution in [0.25, 0.3) is 0 Å². The van der Waals surface area contributed by atoms with Crippen LogP contribution < -0.4 is 5.32 Å². The van der Waals surface area contributed by atoms with Crippen LogP contribution in [0.15, 0.2) is 0 Å². The first kappa shape index (κ1) is 15.0. The molecule has 0 radical (unpaired) electrons. The van der Waals surface area contributed by atoms with Crippen LogP contribution in [-0.2, 0) is 4.74 Å². The molecule has 1 fully saturated rings. The SMILES string of the molecule is CC(C)CNCCCC(C)OCCC1CCC1. The maximum atomic E-state index is 5.85. The molecule has 1 saturated carbocycles. The maximum absolute atomic E-state index is 5.85. The van der Waals surface area contributed by atoms with Crippen molar-refractivity contribution in [3.8, 4) is 0 Å². The Bertz CT molecular complexity index is 178. The molecule has 102 valence electrons. The van der Waals surface area contributed by atoms with E-state index in [0.29, 0.717) is 6.10 Å². The molecule has 1 N–H and O–H groups in total. The zero-order valence-electron chi connectivity index (χ0n) is 12.0. The van der Waals surface area contributed by atoms with Gasteiger partial charge in [-0.3, -0.25) is 0 Å². The molecular formula is C15H31NO. The summed E-state index contributed by atoms with van der Waals surface area (Å²) in [6.45, 7) is 9.96. The summed E-state index contributed by atoms with van der Waals surface area (Å²) in [5, 5.41) is 3.48. The Morgan fingerprint density at radius 2 is 2.00 bits per heavy atom. The smallest absolute Gasteiger partial charge is 0.0547 e. The van der Waals surface area contributed by atoms with E-state index in [1.807, 2.05) is 0 Å². The van der Waals surface area contributed by atoms with E-state index in [1.54, 1.807) is 0 Å². The van der Waals surface area contributed by atoms with Crippen LogP contribution in [0.4, 0.5) is 0 Å². The van der Waals surface area contributed by atoms with Crippen molar-refractivity contribution in [2.24, 2.45) is 11.8 Å². The maximum Gasteiger partial charge on any atom is 0.0547 e. The van der Waals surface area contributed by atoms with Gasteiger partial charge in [0.2, 0.25) is 0 Å². The van der Waals surface area contributed by atoms with Crippen LogP contribution in [0.2, 0.25) is 0 Å². The van der Waals surface area contributed by atoms with Crippen molar-refractivity contribution in [2.75, 3.05) is 19.7 Å². The second-order valence-electron chi connectivity index (χ2n) is 6.01. The minimum absolute atomic E-state index is 0.441. The van der Waals surface area contributed by atoms with Crippen molar-refractivity contribution in [1.82, 2.24) is 5.32 Å². The summed E-state index contributed by atoms with van der Waals surface area (Å²) >= 11 is 0. The molecule has 2 heteroatoms. The van der Waals surface area contributed by atoms with E-state index < -0.39 is 0 Å². The van der Waals surface area contributed by atoms with Crippen molar-refractivity contribution in [3.05, 3.63) is 0 Å². The summed E-state index contributed by atoms with van der Waals surface area (Å²) < 4.78 is 5.85. The Morgan fingerprint density at radius 3 is 2.59 bits per heavy atom. The fourth-order valence-electron chi connectivity index (χ4n) is 2.21. The van der Waals surface area contributed by atoms with Gasteiger partial charge in [-0.25, -0.2) is 0 Å². The standard InChI is InChI=1S/C15H31NO/c1-13(2)12-16-10-5-6-14(3)17-11-9-15-7-4-8-15/h13-16H,4-12H2,1-3H3. The molecule has 1 aliphatic carbocycles. The largest absolute Gasteiger partial charge is 0.378 e. The lowest BCUT2D eigenvalue weighted by atomic mass is 9.83. The van der Waals surface area contributed by atoms with Crippen LogP contribution in [0.5, 0.6) is 0 Å². The predicted octanol–water partition coefficient (Wildman–Crippen LogP) is 3.61. The molecule has 0 aromatic heterocycles. The normalized spacial score (nSPS) is 18.4. The molecule has 0 heterocycles. The highest BCUT2D eigenvalue weighted by Crippen LogP contribution is 2.29. The van der Waals surface area contributed by atoms with Gasteiger partial charge in [0.15, 0.2) is 0 Å². The molecule has 1 rings (SSSR count). The van der Waals surface area contributed by atoms with Crippen molar-refractivity contribution in [2.45, 2.75) is 65.4 Å². The van der Waals surface area contributed by atoms with Gasteiger partial charge in [-0.2, -0.15) is 0 Å². The fraction of sp³-hybridized carbons (Fsp3) is 1.00. The molecular weight excluding hydrogens is 210 g/mol. The summed E-state index contributed by atoms with van der Waals surface area (Å²) in [5.41, 5.74) is 0. The minimum Gasteiger partial charge on any atom is -0.378 e. The molecule has 0 aromatic carbocycles. The van der Waals surface area contributed by atoms with Crippen LogP contribution in [0.1, 0.15) is 59.3 Å². The second kappa shape index (κ2) is 8.93. The van der Waals surface area contributed by atoms with Gasteiger partial charge in [0, 0.05) is 6.61 Å². The molecule has 0 bridgehead atoms. The van der Waals surface area contributed by atoms with Crippen LogP contribution in [0, 0.1) is 11.8 Å². The Kier molecular flexibility index (Phi) is 7.87. The molecule has 1 atom stereocenters. The first-order valence-corrected chi connectivity index (χ1v) is 7.50. The third-order valence-electron chi connectivity index (χ3n) is 3.67. The Morgan fingerprint density at radius 1 is 1.24 bits per heavy atom. The summed E-state index contributed by atoms with van der Waals surface area (Å²) in [7, 11) is 0. The quantitative estimate of drug-likeness (QED) is 0.590. The molecule has 0 saturated heterocycles. The molecule has 0 amide bonds. The van der Waals surface area contributed by atoms with Gasteiger partial charge in [0.1, 0.15) is 0 Å². The zero-order chi connectivity index (χ0) is 12.5. The monoisotopic (exact) mass is 241 g/mol. The Labute approximate surface area is 108 Å². The van der Waals surface area contributed by atoms with E-state index in [-0.39, 0.29) is 0 Å². The number of hydrogen-bond donors (Lipinski definition) is 1. The van der Waals surface area contributed by atoms with Crippen LogP contribution >= 0.6 is 0 Å². The van der Waals surface area contributed by atoms with E-state index in [9.17, 15) is 0 Å². The lowest BCUT2D eigenvalue weighted by molar-refractivity contribution is 0.0431. The van der Waals surface area contributed by atoms with Gasteiger partial charge in [-0.1, -0.05) is 33.1 Å². The summed E-state index contributed by atoms with van der Waals surface area (Å²) in [4.78, 5) is 0. The average Bonchev–Trinajstić information content (AvgIpc) is 2.21. The third-order valence-corrected chi connectivity index (χ3v) is 3.67. The second-order valence-corrected chi connectivity index (χ2v) is 6.01. The van der Waals surface area contributed by atoms with Gasteiger partial charge in [-0.05, 0) is 51.1 Å². The van der Waals surface area contributed by atoms with Crippen molar-refractivity contribution in [3.63, 3.8) is 0 Å². The van der Waals surface area contributed by atoms with Crippen molar-refractivity contribution in [1.29, 1.82) is 0 Å². The van der Waals surface area contributed by atoms with Crippen molar-refractivity contribution >= 4 is 0 Å². The first-order chi connectivity index (χ1) is 8.18. The zero-order valence-corrected chi connectivity index (χ0v) is 12.0. The molecule has 2 nitrogen and oxygen atoms in total. The van der Waals surface area contributed by atoms with Crippen LogP contribution in [0.3, 0.4) is 0 Å². The third kappa shape index (κ3) is 7.77. The van der Waals surface area contributed by atoms with E-state index in [1.165, 1.54) is 38.5 Å². The number of nitrogens with one attached hydrogen (secondary N) is 1. The molecule has 0 aliphatic heterocycles. The van der Waals surface area contributed by atoms with Crippen molar-refractivity contribution < 1.29 is 4.74 Å². The number of rotatable bonds is 10. The van der Waals surface area contributed by atoms with E-state index in [2.05, 4.69) is 26.1 Å². The van der Waals surface area contributed by atoms with E-state index in [4.69, 9.17) is 4.74 Å². The lowest BCUT2D eigenvalue weighted by Crippen LogP contribution is -2.22. The molecule has 1 unspecified atom stereocenters. The highest BCUT2D eigenvalue weighted by Gasteiger charge is 2.16. The summed E-state index contributed by atoms with van der Waals surface area (Å²) in [6, 6.07) is 0. The Balaban J connectivity index is 1.81. The lowest BCUT2D eigenvalue weighted by Gasteiger charge is -2.25. The van der Waals surface area contributed by atoms with Gasteiger partial charge in [-0.15, -0.1) is 0 Å². The van der Waals surface area contributed by atoms with Gasteiger partial charge >= 0.3 is 0 Å². The topological polar surface area (TPSA) is 21.3 Å². The van der Waals surface area contributed by atoms with E-state index >= 15 is 0 Å². The number of ether oxygens (including phenoxy) is 1. The molecule has 0 spiro atoms.